The van der Waals surface area contributed by atoms with Crippen LogP contribution >= 0.6 is 11.6 Å². The number of hydrogen-bond donors (Lipinski definition) is 1. The van der Waals surface area contributed by atoms with Crippen LogP contribution in [0.4, 0.5) is 0 Å². The third kappa shape index (κ3) is 2.65. The second kappa shape index (κ2) is 6.05. The largest absolute Gasteiger partial charge is 0.347 e. The second-order valence-corrected chi connectivity index (χ2v) is 5.97. The highest BCUT2D eigenvalue weighted by Crippen LogP contribution is 2.22. The molecule has 7 heteroatoms. The highest BCUT2D eigenvalue weighted by Gasteiger charge is 2.26. The lowest BCUT2D eigenvalue weighted by Gasteiger charge is -2.26. The van der Waals surface area contributed by atoms with Crippen molar-refractivity contribution in [1.29, 1.82) is 0 Å². The Kier molecular flexibility index (Phi) is 3.74. The summed E-state index contributed by atoms with van der Waals surface area (Å²) in [7, 11) is 0. The van der Waals surface area contributed by atoms with E-state index in [0.717, 1.165) is 23.4 Å². The van der Waals surface area contributed by atoms with Crippen LogP contribution in [0.2, 0.25) is 5.02 Å². The Morgan fingerprint density at radius 2 is 2.04 bits per heavy atom. The Hall–Kier alpha value is -2.73. The summed E-state index contributed by atoms with van der Waals surface area (Å²) in [6.07, 6.45) is 3.86. The van der Waals surface area contributed by atoms with Crippen molar-refractivity contribution in [3.8, 4) is 11.4 Å². The molecule has 0 spiro atoms. The van der Waals surface area contributed by atoms with E-state index in [1.807, 2.05) is 30.3 Å². The minimum absolute atomic E-state index is 0.195. The minimum atomic E-state index is -0.195. The standard InChI is InChI=1S/C17H14ClN5O/c18-12-8-19-16(11-4-2-1-3-5-11)22-15(12)17(24)23-7-6-13-14(9-23)21-10-20-13/h1-5,8,10H,6-7,9H2,(H,20,21). The molecule has 1 aliphatic heterocycles. The van der Waals surface area contributed by atoms with Crippen molar-refractivity contribution in [3.05, 3.63) is 65.0 Å². The number of nitrogens with one attached hydrogen (secondary N) is 1. The normalized spacial score (nSPS) is 13.6. The fraction of sp³-hybridized carbons (Fsp3) is 0.176. The second-order valence-electron chi connectivity index (χ2n) is 5.56. The molecule has 0 radical (unpaired) electrons. The van der Waals surface area contributed by atoms with Gasteiger partial charge < -0.3 is 9.88 Å². The van der Waals surface area contributed by atoms with Crippen LogP contribution in [-0.4, -0.2) is 37.3 Å². The molecule has 4 rings (SSSR count). The van der Waals surface area contributed by atoms with E-state index >= 15 is 0 Å². The number of halogens is 1. The first-order chi connectivity index (χ1) is 11.7. The Balaban J connectivity index is 1.65. The van der Waals surface area contributed by atoms with Crippen LogP contribution in [0.3, 0.4) is 0 Å². The van der Waals surface area contributed by atoms with Crippen molar-refractivity contribution >= 4 is 17.5 Å². The zero-order valence-corrected chi connectivity index (χ0v) is 13.5. The molecule has 1 aromatic carbocycles. The summed E-state index contributed by atoms with van der Waals surface area (Å²) in [5.74, 6) is 0.294. The molecule has 0 saturated heterocycles. The molecule has 1 amide bonds. The van der Waals surface area contributed by atoms with Gasteiger partial charge in [-0.05, 0) is 0 Å². The fourth-order valence-corrected chi connectivity index (χ4v) is 2.95. The Bertz CT molecular complexity index is 893. The van der Waals surface area contributed by atoms with Crippen LogP contribution in [0, 0.1) is 0 Å². The van der Waals surface area contributed by atoms with Crippen LogP contribution in [0.25, 0.3) is 11.4 Å². The lowest BCUT2D eigenvalue weighted by molar-refractivity contribution is 0.0726. The number of aromatic amines is 1. The average Bonchev–Trinajstić information content (AvgIpc) is 3.10. The predicted octanol–water partition coefficient (Wildman–Crippen LogP) is 2.72. The smallest absolute Gasteiger partial charge is 0.274 e. The zero-order valence-electron chi connectivity index (χ0n) is 12.7. The lowest BCUT2D eigenvalue weighted by atomic mass is 10.1. The molecule has 0 fully saturated rings. The molecule has 3 heterocycles. The molecule has 0 aliphatic carbocycles. The quantitative estimate of drug-likeness (QED) is 0.779. The molecule has 3 aromatic rings. The van der Waals surface area contributed by atoms with Gasteiger partial charge in [0.1, 0.15) is 0 Å². The monoisotopic (exact) mass is 339 g/mol. The summed E-state index contributed by atoms with van der Waals surface area (Å²) >= 11 is 6.18. The van der Waals surface area contributed by atoms with Gasteiger partial charge in [-0.2, -0.15) is 0 Å². The molecule has 2 aromatic heterocycles. The van der Waals surface area contributed by atoms with Gasteiger partial charge in [0.25, 0.3) is 5.91 Å². The number of fused-ring (bicyclic) bond motifs is 1. The topological polar surface area (TPSA) is 74.8 Å². The first-order valence-corrected chi connectivity index (χ1v) is 7.98. The Labute approximate surface area is 143 Å². The molecular formula is C17H14ClN5O. The maximum Gasteiger partial charge on any atom is 0.274 e. The molecule has 6 nitrogen and oxygen atoms in total. The van der Waals surface area contributed by atoms with E-state index in [4.69, 9.17) is 11.6 Å². The SMILES string of the molecule is O=C(c1nc(-c2ccccc2)ncc1Cl)N1CCc2nc[nH]c2C1. The number of imidazole rings is 1. The number of benzene rings is 1. The van der Waals surface area contributed by atoms with E-state index in [2.05, 4.69) is 19.9 Å². The third-order valence-corrected chi connectivity index (χ3v) is 4.32. The van der Waals surface area contributed by atoms with E-state index in [0.29, 0.717) is 18.9 Å². The number of H-pyrrole nitrogens is 1. The summed E-state index contributed by atoms with van der Waals surface area (Å²) in [6, 6.07) is 9.52. The van der Waals surface area contributed by atoms with Crippen molar-refractivity contribution in [2.75, 3.05) is 6.54 Å². The molecule has 24 heavy (non-hydrogen) atoms. The number of hydrogen-bond acceptors (Lipinski definition) is 4. The van der Waals surface area contributed by atoms with Gasteiger partial charge in [0.2, 0.25) is 0 Å². The van der Waals surface area contributed by atoms with Gasteiger partial charge in [0.05, 0.1) is 35.5 Å². The van der Waals surface area contributed by atoms with E-state index in [1.54, 1.807) is 11.2 Å². The van der Waals surface area contributed by atoms with E-state index in [9.17, 15) is 4.79 Å². The van der Waals surface area contributed by atoms with Gasteiger partial charge >= 0.3 is 0 Å². The van der Waals surface area contributed by atoms with Gasteiger partial charge in [-0.1, -0.05) is 41.9 Å². The summed E-state index contributed by atoms with van der Waals surface area (Å²) < 4.78 is 0. The van der Waals surface area contributed by atoms with Gasteiger partial charge in [-0.3, -0.25) is 4.79 Å². The molecule has 0 bridgehead atoms. The fourth-order valence-electron chi connectivity index (χ4n) is 2.78. The molecule has 1 N–H and O–H groups in total. The highest BCUT2D eigenvalue weighted by atomic mass is 35.5. The molecule has 0 saturated carbocycles. The predicted molar refractivity (Wildman–Crippen MR) is 89.5 cm³/mol. The molecule has 0 unspecified atom stereocenters. The van der Waals surface area contributed by atoms with Crippen LogP contribution in [-0.2, 0) is 13.0 Å². The van der Waals surface area contributed by atoms with Crippen LogP contribution < -0.4 is 0 Å². The molecule has 0 atom stereocenters. The van der Waals surface area contributed by atoms with Crippen molar-refractivity contribution in [1.82, 2.24) is 24.8 Å². The van der Waals surface area contributed by atoms with Gasteiger partial charge in [-0.15, -0.1) is 0 Å². The van der Waals surface area contributed by atoms with Crippen molar-refractivity contribution in [2.45, 2.75) is 13.0 Å². The first kappa shape index (κ1) is 14.8. The number of amides is 1. The zero-order chi connectivity index (χ0) is 16.5. The molecule has 120 valence electrons. The average molecular weight is 340 g/mol. The van der Waals surface area contributed by atoms with Crippen LogP contribution in [0.15, 0.2) is 42.9 Å². The number of carbonyl (C=O) groups is 1. The maximum atomic E-state index is 12.9. The van der Waals surface area contributed by atoms with Gasteiger partial charge in [-0.25, -0.2) is 15.0 Å². The lowest BCUT2D eigenvalue weighted by Crippen LogP contribution is -2.36. The van der Waals surface area contributed by atoms with Crippen LogP contribution in [0.5, 0.6) is 0 Å². The van der Waals surface area contributed by atoms with E-state index < -0.39 is 0 Å². The summed E-state index contributed by atoms with van der Waals surface area (Å²) in [5.41, 5.74) is 3.05. The first-order valence-electron chi connectivity index (χ1n) is 7.61. The molecular weight excluding hydrogens is 326 g/mol. The van der Waals surface area contributed by atoms with Gasteiger partial charge in [0.15, 0.2) is 11.5 Å². The third-order valence-electron chi connectivity index (χ3n) is 4.04. The Morgan fingerprint density at radius 3 is 2.88 bits per heavy atom. The van der Waals surface area contributed by atoms with E-state index in [-0.39, 0.29) is 16.6 Å². The number of nitrogens with zero attached hydrogens (tertiary/aromatic N) is 4. The van der Waals surface area contributed by atoms with Crippen molar-refractivity contribution in [3.63, 3.8) is 0 Å². The van der Waals surface area contributed by atoms with Crippen molar-refractivity contribution in [2.24, 2.45) is 0 Å². The summed E-state index contributed by atoms with van der Waals surface area (Å²) in [6.45, 7) is 1.08. The molecule has 1 aliphatic rings. The van der Waals surface area contributed by atoms with Gasteiger partial charge in [0, 0.05) is 18.5 Å². The summed E-state index contributed by atoms with van der Waals surface area (Å²) in [4.78, 5) is 30.5. The minimum Gasteiger partial charge on any atom is -0.347 e. The number of carbonyl (C=O) groups excluding carboxylic acids is 1. The van der Waals surface area contributed by atoms with Crippen LogP contribution in [0.1, 0.15) is 21.9 Å². The number of rotatable bonds is 2. The maximum absolute atomic E-state index is 12.9. The number of aromatic nitrogens is 4. The van der Waals surface area contributed by atoms with Crippen molar-refractivity contribution < 1.29 is 4.79 Å². The van der Waals surface area contributed by atoms with E-state index in [1.165, 1.54) is 6.20 Å². The Morgan fingerprint density at radius 1 is 1.21 bits per heavy atom. The summed E-state index contributed by atoms with van der Waals surface area (Å²) in [5, 5.41) is 0.259. The highest BCUT2D eigenvalue weighted by molar-refractivity contribution is 6.33.